The molecule has 1 unspecified atom stereocenters. The van der Waals surface area contributed by atoms with Crippen molar-refractivity contribution in [3.63, 3.8) is 0 Å². The maximum absolute atomic E-state index is 14.0. The van der Waals surface area contributed by atoms with Crippen molar-refractivity contribution < 1.29 is 13.2 Å². The van der Waals surface area contributed by atoms with E-state index in [2.05, 4.69) is 21.2 Å². The highest BCUT2D eigenvalue weighted by atomic mass is 79.9. The molecule has 0 aliphatic rings. The van der Waals surface area contributed by atoms with Crippen LogP contribution in [0.2, 0.25) is 0 Å². The van der Waals surface area contributed by atoms with Crippen LogP contribution in [0.25, 0.3) is 0 Å². The SMILES string of the molecule is CCNC(c1cc(F)c(F)cc1F)c1ccccc1Br. The van der Waals surface area contributed by atoms with Gasteiger partial charge in [-0.1, -0.05) is 41.1 Å². The molecule has 0 amide bonds. The van der Waals surface area contributed by atoms with Crippen LogP contribution in [-0.2, 0) is 0 Å². The second-order valence-electron chi connectivity index (χ2n) is 4.30. The van der Waals surface area contributed by atoms with Gasteiger partial charge in [0.2, 0.25) is 0 Å². The standard InChI is InChI=1S/C15H13BrF3N/c1-2-20-15(9-5-3-4-6-11(9)16)10-7-13(18)14(19)8-12(10)17/h3-8,15,20H,2H2,1H3. The van der Waals surface area contributed by atoms with Gasteiger partial charge in [0.15, 0.2) is 11.6 Å². The highest BCUT2D eigenvalue weighted by molar-refractivity contribution is 9.10. The Morgan fingerprint density at radius 3 is 2.30 bits per heavy atom. The lowest BCUT2D eigenvalue weighted by atomic mass is 9.98. The van der Waals surface area contributed by atoms with Crippen LogP contribution in [0, 0.1) is 17.5 Å². The van der Waals surface area contributed by atoms with E-state index in [4.69, 9.17) is 0 Å². The molecule has 5 heteroatoms. The van der Waals surface area contributed by atoms with E-state index in [0.717, 1.165) is 16.1 Å². The van der Waals surface area contributed by atoms with E-state index in [1.165, 1.54) is 0 Å². The summed E-state index contributed by atoms with van der Waals surface area (Å²) in [6.07, 6.45) is 0. The topological polar surface area (TPSA) is 12.0 Å². The highest BCUT2D eigenvalue weighted by Crippen LogP contribution is 2.30. The normalized spacial score (nSPS) is 12.4. The fourth-order valence-corrected chi connectivity index (χ4v) is 2.57. The fourth-order valence-electron chi connectivity index (χ4n) is 2.06. The largest absolute Gasteiger partial charge is 0.306 e. The van der Waals surface area contributed by atoms with Crippen LogP contribution in [0.5, 0.6) is 0 Å². The summed E-state index contributed by atoms with van der Waals surface area (Å²) in [6, 6.07) is 8.19. The summed E-state index contributed by atoms with van der Waals surface area (Å²) in [6.45, 7) is 2.42. The Hall–Kier alpha value is -1.33. The predicted molar refractivity (Wildman–Crippen MR) is 76.0 cm³/mol. The third-order valence-electron chi connectivity index (χ3n) is 2.98. The molecular formula is C15H13BrF3N. The van der Waals surface area contributed by atoms with Gasteiger partial charge in [-0.25, -0.2) is 13.2 Å². The first-order chi connectivity index (χ1) is 9.54. The third kappa shape index (κ3) is 3.04. The zero-order valence-corrected chi connectivity index (χ0v) is 12.3. The summed E-state index contributed by atoms with van der Waals surface area (Å²) in [5.41, 5.74) is 0.844. The van der Waals surface area contributed by atoms with Crippen LogP contribution in [0.4, 0.5) is 13.2 Å². The minimum absolute atomic E-state index is 0.0812. The van der Waals surface area contributed by atoms with E-state index in [-0.39, 0.29) is 5.56 Å². The predicted octanol–water partition coefficient (Wildman–Crippen LogP) is 4.57. The molecule has 0 saturated heterocycles. The average Bonchev–Trinajstić information content (AvgIpc) is 2.42. The molecule has 1 nitrogen and oxygen atoms in total. The zero-order valence-electron chi connectivity index (χ0n) is 10.8. The summed E-state index contributed by atoms with van der Waals surface area (Å²) >= 11 is 3.39. The van der Waals surface area contributed by atoms with Crippen LogP contribution in [0.3, 0.4) is 0 Å². The lowest BCUT2D eigenvalue weighted by Crippen LogP contribution is -2.23. The van der Waals surface area contributed by atoms with Crippen molar-refractivity contribution in [1.29, 1.82) is 0 Å². The second-order valence-corrected chi connectivity index (χ2v) is 5.15. The highest BCUT2D eigenvalue weighted by Gasteiger charge is 2.21. The van der Waals surface area contributed by atoms with Crippen LogP contribution in [-0.4, -0.2) is 6.54 Å². The van der Waals surface area contributed by atoms with Gasteiger partial charge in [0.05, 0.1) is 6.04 Å². The van der Waals surface area contributed by atoms with Crippen LogP contribution >= 0.6 is 15.9 Å². The van der Waals surface area contributed by atoms with Gasteiger partial charge in [-0.05, 0) is 24.2 Å². The summed E-state index contributed by atoms with van der Waals surface area (Å²) < 4.78 is 41.2. The van der Waals surface area contributed by atoms with Gasteiger partial charge in [-0.3, -0.25) is 0 Å². The van der Waals surface area contributed by atoms with Crippen molar-refractivity contribution in [2.75, 3.05) is 6.54 Å². The molecule has 0 aromatic heterocycles. The van der Waals surface area contributed by atoms with Gasteiger partial charge in [0.25, 0.3) is 0 Å². The number of hydrogen-bond acceptors (Lipinski definition) is 1. The molecule has 0 heterocycles. The number of nitrogens with one attached hydrogen (secondary N) is 1. The maximum Gasteiger partial charge on any atom is 0.161 e. The molecule has 2 aromatic carbocycles. The van der Waals surface area contributed by atoms with Gasteiger partial charge in [0, 0.05) is 16.1 Å². The summed E-state index contributed by atoms with van der Waals surface area (Å²) in [5, 5.41) is 3.08. The monoisotopic (exact) mass is 343 g/mol. The minimum Gasteiger partial charge on any atom is -0.306 e. The molecular weight excluding hydrogens is 331 g/mol. The Labute approximate surface area is 123 Å². The summed E-state index contributed by atoms with van der Waals surface area (Å²) in [7, 11) is 0. The molecule has 20 heavy (non-hydrogen) atoms. The Morgan fingerprint density at radius 1 is 1.00 bits per heavy atom. The number of halogens is 4. The first-order valence-electron chi connectivity index (χ1n) is 6.16. The number of benzene rings is 2. The van der Waals surface area contributed by atoms with E-state index in [9.17, 15) is 13.2 Å². The van der Waals surface area contributed by atoms with E-state index in [1.54, 1.807) is 6.07 Å². The van der Waals surface area contributed by atoms with Gasteiger partial charge in [-0.2, -0.15) is 0 Å². The molecule has 1 N–H and O–H groups in total. The van der Waals surface area contributed by atoms with Crippen molar-refractivity contribution in [3.8, 4) is 0 Å². The van der Waals surface area contributed by atoms with Gasteiger partial charge in [0.1, 0.15) is 5.82 Å². The van der Waals surface area contributed by atoms with Crippen molar-refractivity contribution in [3.05, 3.63) is 69.4 Å². The minimum atomic E-state index is -1.19. The first kappa shape index (κ1) is 15.1. The maximum atomic E-state index is 14.0. The number of hydrogen-bond donors (Lipinski definition) is 1. The van der Waals surface area contributed by atoms with E-state index in [1.807, 2.05) is 25.1 Å². The Bertz CT molecular complexity index is 616. The van der Waals surface area contributed by atoms with Gasteiger partial charge >= 0.3 is 0 Å². The Morgan fingerprint density at radius 2 is 1.65 bits per heavy atom. The lowest BCUT2D eigenvalue weighted by molar-refractivity contribution is 0.481. The van der Waals surface area contributed by atoms with Gasteiger partial charge < -0.3 is 5.32 Å². The first-order valence-corrected chi connectivity index (χ1v) is 6.96. The fraction of sp³-hybridized carbons (Fsp3) is 0.200. The molecule has 2 aromatic rings. The van der Waals surface area contributed by atoms with Crippen molar-refractivity contribution >= 4 is 15.9 Å². The molecule has 0 fully saturated rings. The van der Waals surface area contributed by atoms with Crippen LogP contribution < -0.4 is 5.32 Å². The molecule has 2 rings (SSSR count). The van der Waals surface area contributed by atoms with Crippen molar-refractivity contribution in [1.82, 2.24) is 5.32 Å². The van der Waals surface area contributed by atoms with Crippen LogP contribution in [0.1, 0.15) is 24.1 Å². The van der Waals surface area contributed by atoms with E-state index in [0.29, 0.717) is 12.6 Å². The smallest absolute Gasteiger partial charge is 0.161 e. The summed E-state index contributed by atoms with van der Waals surface area (Å²) in [4.78, 5) is 0. The van der Waals surface area contributed by atoms with E-state index >= 15 is 0 Å². The lowest BCUT2D eigenvalue weighted by Gasteiger charge is -2.21. The van der Waals surface area contributed by atoms with E-state index < -0.39 is 23.5 Å². The Balaban J connectivity index is 2.54. The zero-order chi connectivity index (χ0) is 14.7. The third-order valence-corrected chi connectivity index (χ3v) is 3.70. The molecule has 0 spiro atoms. The number of rotatable bonds is 4. The molecule has 0 aliphatic carbocycles. The molecule has 1 atom stereocenters. The summed E-state index contributed by atoms with van der Waals surface area (Å²) in [5.74, 6) is -3.02. The average molecular weight is 344 g/mol. The quantitative estimate of drug-likeness (QED) is 0.802. The Kier molecular flexibility index (Phi) is 4.83. The molecule has 0 radical (unpaired) electrons. The second kappa shape index (κ2) is 6.41. The molecule has 0 bridgehead atoms. The van der Waals surface area contributed by atoms with Gasteiger partial charge in [-0.15, -0.1) is 0 Å². The van der Waals surface area contributed by atoms with Crippen molar-refractivity contribution in [2.45, 2.75) is 13.0 Å². The van der Waals surface area contributed by atoms with Crippen LogP contribution in [0.15, 0.2) is 40.9 Å². The molecule has 0 aliphatic heterocycles. The molecule has 0 saturated carbocycles. The van der Waals surface area contributed by atoms with Crippen molar-refractivity contribution in [2.24, 2.45) is 0 Å². The molecule has 106 valence electrons.